The molecule has 0 fully saturated rings. The Morgan fingerprint density at radius 2 is 2.35 bits per heavy atom. The molecule has 17 heavy (non-hydrogen) atoms. The quantitative estimate of drug-likeness (QED) is 0.888. The van der Waals surface area contributed by atoms with Gasteiger partial charge in [0.1, 0.15) is 11.5 Å². The molecule has 0 aliphatic rings. The lowest BCUT2D eigenvalue weighted by Crippen LogP contribution is -2.24. The van der Waals surface area contributed by atoms with Gasteiger partial charge in [-0.05, 0) is 12.1 Å². The lowest BCUT2D eigenvalue weighted by atomic mass is 10.3. The summed E-state index contributed by atoms with van der Waals surface area (Å²) in [6.45, 7) is 0.342. The van der Waals surface area contributed by atoms with Crippen LogP contribution in [0.2, 0.25) is 5.02 Å². The third kappa shape index (κ3) is 2.92. The van der Waals surface area contributed by atoms with E-state index in [4.69, 9.17) is 17.3 Å². The third-order valence-corrected chi connectivity index (χ3v) is 2.94. The molecule has 2 aromatic heterocycles. The van der Waals surface area contributed by atoms with E-state index in [1.54, 1.807) is 17.6 Å². The molecule has 0 spiro atoms. The minimum absolute atomic E-state index is 0.127. The molecule has 1 amide bonds. The molecule has 0 saturated carbocycles. The van der Waals surface area contributed by atoms with Crippen molar-refractivity contribution in [1.29, 1.82) is 0 Å². The van der Waals surface area contributed by atoms with Crippen molar-refractivity contribution in [2.24, 2.45) is 0 Å². The SMILES string of the molecule is Nc1ccc(Cl)c(C(=O)NCc2cscn2)n1. The third-order valence-electron chi connectivity index (χ3n) is 2.00. The number of rotatable bonds is 3. The van der Waals surface area contributed by atoms with Gasteiger partial charge in [0.25, 0.3) is 5.91 Å². The van der Waals surface area contributed by atoms with Crippen molar-refractivity contribution in [2.45, 2.75) is 6.54 Å². The number of carbonyl (C=O) groups is 1. The second kappa shape index (κ2) is 5.11. The molecule has 0 aromatic carbocycles. The number of nitrogens with zero attached hydrogens (tertiary/aromatic N) is 2. The Balaban J connectivity index is 2.07. The fraction of sp³-hybridized carbons (Fsp3) is 0.100. The van der Waals surface area contributed by atoms with Gasteiger partial charge in [0.2, 0.25) is 0 Å². The van der Waals surface area contributed by atoms with Crippen molar-refractivity contribution < 1.29 is 4.79 Å². The summed E-state index contributed by atoms with van der Waals surface area (Å²) >= 11 is 7.33. The van der Waals surface area contributed by atoms with E-state index in [1.807, 2.05) is 5.38 Å². The number of anilines is 1. The van der Waals surface area contributed by atoms with Gasteiger partial charge in [-0.25, -0.2) is 9.97 Å². The Morgan fingerprint density at radius 3 is 3.06 bits per heavy atom. The summed E-state index contributed by atoms with van der Waals surface area (Å²) in [7, 11) is 0. The molecular weight excluding hydrogens is 260 g/mol. The van der Waals surface area contributed by atoms with Gasteiger partial charge in [0.15, 0.2) is 0 Å². The summed E-state index contributed by atoms with van der Waals surface area (Å²) < 4.78 is 0. The monoisotopic (exact) mass is 268 g/mol. The summed E-state index contributed by atoms with van der Waals surface area (Å²) in [4.78, 5) is 19.7. The van der Waals surface area contributed by atoms with Crippen molar-refractivity contribution in [1.82, 2.24) is 15.3 Å². The average Bonchev–Trinajstić information content (AvgIpc) is 2.82. The van der Waals surface area contributed by atoms with Crippen molar-refractivity contribution in [2.75, 3.05) is 5.73 Å². The van der Waals surface area contributed by atoms with E-state index in [0.717, 1.165) is 5.69 Å². The normalized spacial score (nSPS) is 10.2. The van der Waals surface area contributed by atoms with E-state index in [1.165, 1.54) is 11.3 Å². The summed E-state index contributed by atoms with van der Waals surface area (Å²) in [5.41, 5.74) is 8.12. The number of amides is 1. The van der Waals surface area contributed by atoms with E-state index < -0.39 is 0 Å². The topological polar surface area (TPSA) is 80.9 Å². The maximum Gasteiger partial charge on any atom is 0.271 e. The standard InChI is InChI=1S/C10H9ClN4OS/c11-7-1-2-8(12)15-9(7)10(16)13-3-6-4-17-5-14-6/h1-2,4-5H,3H2,(H2,12,15)(H,13,16). The zero-order chi connectivity index (χ0) is 12.3. The Hall–Kier alpha value is -1.66. The Morgan fingerprint density at radius 1 is 1.53 bits per heavy atom. The van der Waals surface area contributed by atoms with E-state index >= 15 is 0 Å². The zero-order valence-corrected chi connectivity index (χ0v) is 10.3. The number of thiazole rings is 1. The van der Waals surface area contributed by atoms with Gasteiger partial charge in [-0.1, -0.05) is 11.6 Å². The fourth-order valence-electron chi connectivity index (χ4n) is 1.20. The van der Waals surface area contributed by atoms with Gasteiger partial charge in [-0.15, -0.1) is 11.3 Å². The van der Waals surface area contributed by atoms with Gasteiger partial charge < -0.3 is 11.1 Å². The number of nitrogen functional groups attached to an aromatic ring is 1. The van der Waals surface area contributed by atoms with Crippen molar-refractivity contribution in [3.8, 4) is 0 Å². The summed E-state index contributed by atoms with van der Waals surface area (Å²) in [6, 6.07) is 3.08. The average molecular weight is 269 g/mol. The van der Waals surface area contributed by atoms with Crippen LogP contribution in [0.3, 0.4) is 0 Å². The molecule has 0 radical (unpaired) electrons. The number of aromatic nitrogens is 2. The van der Waals surface area contributed by atoms with Crippen LogP contribution in [0.25, 0.3) is 0 Å². The molecule has 0 saturated heterocycles. The molecular formula is C10H9ClN4OS. The van der Waals surface area contributed by atoms with Crippen LogP contribution in [-0.4, -0.2) is 15.9 Å². The number of hydrogen-bond acceptors (Lipinski definition) is 5. The second-order valence-electron chi connectivity index (χ2n) is 3.23. The molecule has 0 atom stereocenters. The number of pyridine rings is 1. The second-order valence-corrected chi connectivity index (χ2v) is 4.35. The first-order valence-electron chi connectivity index (χ1n) is 4.74. The highest BCUT2D eigenvalue weighted by Crippen LogP contribution is 2.15. The maximum absolute atomic E-state index is 11.8. The highest BCUT2D eigenvalue weighted by atomic mass is 35.5. The number of hydrogen-bond donors (Lipinski definition) is 2. The molecule has 2 rings (SSSR count). The molecule has 0 bridgehead atoms. The molecule has 5 nitrogen and oxygen atoms in total. The number of nitrogens with one attached hydrogen (secondary N) is 1. The van der Waals surface area contributed by atoms with Crippen LogP contribution in [0.4, 0.5) is 5.82 Å². The Bertz CT molecular complexity index is 529. The van der Waals surface area contributed by atoms with E-state index in [-0.39, 0.29) is 22.4 Å². The zero-order valence-electron chi connectivity index (χ0n) is 8.68. The summed E-state index contributed by atoms with van der Waals surface area (Å²) in [5.74, 6) is -0.108. The van der Waals surface area contributed by atoms with Crippen LogP contribution in [-0.2, 0) is 6.54 Å². The lowest BCUT2D eigenvalue weighted by Gasteiger charge is -2.05. The molecule has 0 aliphatic heterocycles. The highest BCUT2D eigenvalue weighted by molar-refractivity contribution is 7.07. The van der Waals surface area contributed by atoms with Crippen LogP contribution >= 0.6 is 22.9 Å². The first kappa shape index (κ1) is 11.8. The predicted molar refractivity (Wildman–Crippen MR) is 66.9 cm³/mol. The van der Waals surface area contributed by atoms with Crippen molar-refractivity contribution >= 4 is 34.7 Å². The maximum atomic E-state index is 11.8. The molecule has 88 valence electrons. The predicted octanol–water partition coefficient (Wildman–Crippen LogP) is 1.70. The lowest BCUT2D eigenvalue weighted by molar-refractivity contribution is 0.0946. The van der Waals surface area contributed by atoms with Crippen LogP contribution in [0, 0.1) is 0 Å². The van der Waals surface area contributed by atoms with Crippen molar-refractivity contribution in [3.05, 3.63) is 39.4 Å². The number of carbonyl (C=O) groups excluding carboxylic acids is 1. The minimum atomic E-state index is -0.365. The van der Waals surface area contributed by atoms with Gasteiger partial charge in [0, 0.05) is 5.38 Å². The van der Waals surface area contributed by atoms with E-state index in [9.17, 15) is 4.79 Å². The van der Waals surface area contributed by atoms with E-state index in [0.29, 0.717) is 6.54 Å². The first-order valence-corrected chi connectivity index (χ1v) is 6.06. The molecule has 0 unspecified atom stereocenters. The van der Waals surface area contributed by atoms with Gasteiger partial charge >= 0.3 is 0 Å². The largest absolute Gasteiger partial charge is 0.384 e. The number of halogens is 1. The first-order chi connectivity index (χ1) is 8.16. The molecule has 0 aliphatic carbocycles. The van der Waals surface area contributed by atoms with E-state index in [2.05, 4.69) is 15.3 Å². The number of nitrogens with two attached hydrogens (primary N) is 1. The summed E-state index contributed by atoms with van der Waals surface area (Å²) in [6.07, 6.45) is 0. The van der Waals surface area contributed by atoms with Crippen molar-refractivity contribution in [3.63, 3.8) is 0 Å². The van der Waals surface area contributed by atoms with Crippen LogP contribution in [0.1, 0.15) is 16.2 Å². The van der Waals surface area contributed by atoms with Crippen LogP contribution < -0.4 is 11.1 Å². The fourth-order valence-corrected chi connectivity index (χ4v) is 1.95. The van der Waals surface area contributed by atoms with Crippen LogP contribution in [0.15, 0.2) is 23.0 Å². The molecule has 2 aromatic rings. The smallest absolute Gasteiger partial charge is 0.271 e. The van der Waals surface area contributed by atoms with Gasteiger partial charge in [0.05, 0.1) is 22.8 Å². The Labute approximate surface area is 107 Å². The summed E-state index contributed by atoms with van der Waals surface area (Å²) in [5, 5.41) is 4.80. The van der Waals surface area contributed by atoms with Gasteiger partial charge in [-0.3, -0.25) is 4.79 Å². The Kier molecular flexibility index (Phi) is 3.55. The molecule has 7 heteroatoms. The van der Waals surface area contributed by atoms with Gasteiger partial charge in [-0.2, -0.15) is 0 Å². The molecule has 3 N–H and O–H groups in total. The molecule has 2 heterocycles. The minimum Gasteiger partial charge on any atom is -0.384 e. The van der Waals surface area contributed by atoms with Crippen LogP contribution in [0.5, 0.6) is 0 Å². The highest BCUT2D eigenvalue weighted by Gasteiger charge is 2.12.